The van der Waals surface area contributed by atoms with Gasteiger partial charge in [0.15, 0.2) is 0 Å². The van der Waals surface area contributed by atoms with Crippen molar-refractivity contribution in [2.75, 3.05) is 0 Å². The summed E-state index contributed by atoms with van der Waals surface area (Å²) in [5.74, 6) is -0.300. The van der Waals surface area contributed by atoms with Crippen LogP contribution in [0.4, 0.5) is 4.39 Å². The zero-order valence-electron chi connectivity index (χ0n) is 9.29. The van der Waals surface area contributed by atoms with E-state index < -0.39 is 7.12 Å². The van der Waals surface area contributed by atoms with Gasteiger partial charge in [0.25, 0.3) is 0 Å². The van der Waals surface area contributed by atoms with E-state index in [0.717, 1.165) is 6.42 Å². The van der Waals surface area contributed by atoms with Gasteiger partial charge < -0.3 is 10.0 Å². The predicted octanol–water partition coefficient (Wildman–Crippen LogP) is 1.19. The Labute approximate surface area is 89.9 Å². The van der Waals surface area contributed by atoms with Gasteiger partial charge in [-0.2, -0.15) is 0 Å². The van der Waals surface area contributed by atoms with Crippen molar-refractivity contribution in [2.24, 2.45) is 0 Å². The van der Waals surface area contributed by atoms with Crippen molar-refractivity contribution in [1.82, 2.24) is 0 Å². The first-order valence-corrected chi connectivity index (χ1v) is 5.04. The molecule has 15 heavy (non-hydrogen) atoms. The van der Waals surface area contributed by atoms with E-state index in [0.29, 0.717) is 11.0 Å². The lowest BCUT2D eigenvalue weighted by Gasteiger charge is -2.24. The molecule has 0 aliphatic heterocycles. The Balaban J connectivity index is 3.22. The van der Waals surface area contributed by atoms with Gasteiger partial charge in [0.2, 0.25) is 0 Å². The average Bonchev–Trinajstić information content (AvgIpc) is 2.17. The van der Waals surface area contributed by atoms with Crippen LogP contribution in [0.3, 0.4) is 0 Å². The summed E-state index contributed by atoms with van der Waals surface area (Å²) in [5, 5.41) is 18.0. The third-order valence-corrected chi connectivity index (χ3v) is 2.90. The van der Waals surface area contributed by atoms with Crippen LogP contribution in [0.25, 0.3) is 0 Å². The van der Waals surface area contributed by atoms with Crippen molar-refractivity contribution in [1.29, 1.82) is 0 Å². The van der Waals surface area contributed by atoms with Gasteiger partial charge in [0, 0.05) is 0 Å². The van der Waals surface area contributed by atoms with Gasteiger partial charge in [-0.3, -0.25) is 0 Å². The number of benzene rings is 1. The van der Waals surface area contributed by atoms with E-state index in [4.69, 9.17) is 10.0 Å². The van der Waals surface area contributed by atoms with E-state index in [9.17, 15) is 4.39 Å². The molecule has 1 rings (SSSR count). The fourth-order valence-corrected chi connectivity index (χ4v) is 1.41. The molecule has 0 fully saturated rings. The molecule has 0 amide bonds. The lowest BCUT2D eigenvalue weighted by Crippen LogP contribution is -2.32. The van der Waals surface area contributed by atoms with Crippen molar-refractivity contribution in [3.05, 3.63) is 29.6 Å². The molecule has 0 aliphatic carbocycles. The van der Waals surface area contributed by atoms with E-state index in [-0.39, 0.29) is 11.2 Å². The first kappa shape index (κ1) is 12.2. The molecule has 82 valence electrons. The van der Waals surface area contributed by atoms with E-state index in [1.54, 1.807) is 0 Å². The molecule has 0 bridgehead atoms. The molecule has 0 spiro atoms. The van der Waals surface area contributed by atoms with Gasteiger partial charge in [-0.05, 0) is 28.9 Å². The fraction of sp³-hybridized carbons (Fsp3) is 0.455. The van der Waals surface area contributed by atoms with Gasteiger partial charge in [0.05, 0.1) is 0 Å². The minimum Gasteiger partial charge on any atom is -0.423 e. The highest BCUT2D eigenvalue weighted by Crippen LogP contribution is 2.28. The Kier molecular flexibility index (Phi) is 3.52. The maximum atomic E-state index is 13.6. The molecule has 0 radical (unpaired) electrons. The zero-order valence-corrected chi connectivity index (χ0v) is 9.29. The summed E-state index contributed by atoms with van der Waals surface area (Å²) in [6, 6.07) is 4.18. The van der Waals surface area contributed by atoms with Gasteiger partial charge in [-0.15, -0.1) is 0 Å². The molecular formula is C11H16BFO2. The molecule has 1 aromatic rings. The molecule has 0 aromatic heterocycles. The van der Waals surface area contributed by atoms with Crippen LogP contribution in [0, 0.1) is 5.82 Å². The maximum Gasteiger partial charge on any atom is 0.488 e. The van der Waals surface area contributed by atoms with Gasteiger partial charge in [0.1, 0.15) is 5.82 Å². The van der Waals surface area contributed by atoms with Crippen molar-refractivity contribution >= 4 is 12.6 Å². The van der Waals surface area contributed by atoms with Gasteiger partial charge in [-0.25, -0.2) is 4.39 Å². The van der Waals surface area contributed by atoms with Crippen LogP contribution in [0.2, 0.25) is 0 Å². The Hall–Kier alpha value is -0.865. The molecule has 1 aromatic carbocycles. The van der Waals surface area contributed by atoms with E-state index in [1.165, 1.54) is 18.2 Å². The summed E-state index contributed by atoms with van der Waals surface area (Å²) in [7, 11) is -1.54. The summed E-state index contributed by atoms with van der Waals surface area (Å²) >= 11 is 0. The lowest BCUT2D eigenvalue weighted by atomic mass is 9.74. The first-order chi connectivity index (χ1) is 6.88. The summed E-state index contributed by atoms with van der Waals surface area (Å²) in [6.45, 7) is 5.83. The van der Waals surface area contributed by atoms with Crippen LogP contribution >= 0.6 is 0 Å². The number of rotatable bonds is 3. The van der Waals surface area contributed by atoms with Gasteiger partial charge >= 0.3 is 7.12 Å². The van der Waals surface area contributed by atoms with E-state index in [1.807, 2.05) is 20.8 Å². The Morgan fingerprint density at radius 3 is 2.40 bits per heavy atom. The van der Waals surface area contributed by atoms with Crippen LogP contribution in [0.1, 0.15) is 32.8 Å². The molecule has 0 heterocycles. The zero-order chi connectivity index (χ0) is 11.6. The molecule has 2 N–H and O–H groups in total. The quantitative estimate of drug-likeness (QED) is 0.735. The molecular weight excluding hydrogens is 194 g/mol. The van der Waals surface area contributed by atoms with Crippen LogP contribution in [-0.2, 0) is 5.41 Å². The fourth-order valence-electron chi connectivity index (χ4n) is 1.41. The second-order valence-electron chi connectivity index (χ2n) is 4.35. The highest BCUT2D eigenvalue weighted by atomic mass is 19.1. The highest BCUT2D eigenvalue weighted by Gasteiger charge is 2.24. The number of hydrogen-bond acceptors (Lipinski definition) is 2. The third-order valence-electron chi connectivity index (χ3n) is 2.90. The van der Waals surface area contributed by atoms with Crippen molar-refractivity contribution in [2.45, 2.75) is 32.6 Å². The second kappa shape index (κ2) is 4.33. The molecule has 0 aliphatic rings. The summed E-state index contributed by atoms with van der Waals surface area (Å²) < 4.78 is 13.6. The monoisotopic (exact) mass is 210 g/mol. The molecule has 2 nitrogen and oxygen atoms in total. The molecule has 4 heteroatoms. The normalized spacial score (nSPS) is 11.6. The van der Waals surface area contributed by atoms with Crippen molar-refractivity contribution < 1.29 is 14.4 Å². The van der Waals surface area contributed by atoms with Crippen LogP contribution in [-0.4, -0.2) is 17.2 Å². The highest BCUT2D eigenvalue weighted by molar-refractivity contribution is 6.58. The Morgan fingerprint density at radius 2 is 1.93 bits per heavy atom. The summed E-state index contributed by atoms with van der Waals surface area (Å²) in [5.41, 5.74) is 0.554. The Morgan fingerprint density at radius 1 is 1.33 bits per heavy atom. The maximum absolute atomic E-state index is 13.6. The second-order valence-corrected chi connectivity index (χ2v) is 4.35. The third kappa shape index (κ3) is 2.58. The van der Waals surface area contributed by atoms with Crippen molar-refractivity contribution in [3.63, 3.8) is 0 Å². The topological polar surface area (TPSA) is 40.5 Å². The minimum atomic E-state index is -1.54. The average molecular weight is 210 g/mol. The van der Waals surface area contributed by atoms with Gasteiger partial charge in [-0.1, -0.05) is 32.9 Å². The summed E-state index contributed by atoms with van der Waals surface area (Å²) in [4.78, 5) is 0. The predicted molar refractivity (Wildman–Crippen MR) is 59.5 cm³/mol. The van der Waals surface area contributed by atoms with E-state index in [2.05, 4.69) is 0 Å². The molecule has 0 saturated carbocycles. The summed E-state index contributed by atoms with van der Waals surface area (Å²) in [6.07, 6.45) is 0.787. The van der Waals surface area contributed by atoms with Crippen LogP contribution in [0.15, 0.2) is 18.2 Å². The van der Waals surface area contributed by atoms with E-state index >= 15 is 0 Å². The molecule has 0 unspecified atom stereocenters. The number of halogens is 1. The van der Waals surface area contributed by atoms with Crippen molar-refractivity contribution in [3.8, 4) is 0 Å². The first-order valence-electron chi connectivity index (χ1n) is 5.04. The largest absolute Gasteiger partial charge is 0.488 e. The SMILES string of the molecule is CCC(C)(C)c1cc(B(O)O)ccc1F. The smallest absolute Gasteiger partial charge is 0.423 e. The molecule has 0 atom stereocenters. The minimum absolute atomic E-state index is 0.297. The van der Waals surface area contributed by atoms with Crippen LogP contribution in [0.5, 0.6) is 0 Å². The lowest BCUT2D eigenvalue weighted by molar-refractivity contribution is 0.425. The Bertz CT molecular complexity index is 350. The molecule has 0 saturated heterocycles. The van der Waals surface area contributed by atoms with Crippen LogP contribution < -0.4 is 5.46 Å². The standard InChI is InChI=1S/C11H16BFO2/c1-4-11(2,3)9-7-8(12(14)15)5-6-10(9)13/h5-7,14-15H,4H2,1-3H3. The number of hydrogen-bond donors (Lipinski definition) is 2.